The van der Waals surface area contributed by atoms with Crippen LogP contribution in [0, 0.1) is 5.92 Å². The Balaban J connectivity index is 1.08. The van der Waals surface area contributed by atoms with Crippen LogP contribution in [-0.2, 0) is 4.74 Å². The first-order valence-electron chi connectivity index (χ1n) is 11.9. The fourth-order valence-electron chi connectivity index (χ4n) is 5.02. The van der Waals surface area contributed by atoms with Crippen molar-refractivity contribution in [3.63, 3.8) is 0 Å². The number of amides is 1. The maximum Gasteiger partial charge on any atom is 0.410 e. The number of cyclic esters (lactones) is 1. The Morgan fingerprint density at radius 2 is 1.73 bits per heavy atom. The molecule has 2 fully saturated rings. The topological polar surface area (TPSA) is 60.5 Å². The Bertz CT molecular complexity index is 942. The lowest BCUT2D eigenvalue weighted by atomic mass is 9.93. The monoisotopic (exact) mass is 452 g/mol. The van der Waals surface area contributed by atoms with Gasteiger partial charge in [-0.15, -0.1) is 0 Å². The predicted octanol–water partition coefficient (Wildman–Crippen LogP) is 4.13. The summed E-state index contributed by atoms with van der Waals surface area (Å²) in [7, 11) is 1.66. The number of rotatable bonds is 7. The first-order valence-corrected chi connectivity index (χ1v) is 11.9. The minimum absolute atomic E-state index is 0.0187. The Hall–Kier alpha value is -2.93. The molecule has 3 heterocycles. The van der Waals surface area contributed by atoms with E-state index in [1.54, 1.807) is 7.11 Å². The number of ether oxygens (including phenoxy) is 4. The number of carbonyl (C=O) groups excluding carboxylic acids is 1. The predicted molar refractivity (Wildman–Crippen MR) is 124 cm³/mol. The van der Waals surface area contributed by atoms with E-state index >= 15 is 0 Å². The van der Waals surface area contributed by atoms with Crippen LogP contribution in [0.1, 0.15) is 30.9 Å². The SMILES string of the molecule is COc1ccc(C2COC(=O)N2CCC2CCN(CC3COc4ccccc4O3)CC2)cc1. The number of hydrogen-bond donors (Lipinski definition) is 0. The normalized spacial score (nSPS) is 23.4. The number of carbonyl (C=O) groups is 1. The summed E-state index contributed by atoms with van der Waals surface area (Å²) in [5, 5.41) is 0. The Kier molecular flexibility index (Phi) is 6.58. The average Bonchev–Trinajstić information content (AvgIpc) is 3.23. The standard InChI is InChI=1S/C26H32N2O5/c1-30-21-8-6-20(7-9-21)23-18-32-26(29)28(23)15-12-19-10-13-27(14-11-19)16-22-17-31-24-4-2-3-5-25(24)33-22/h2-9,19,22-23H,10-18H2,1H3. The molecule has 2 saturated heterocycles. The third kappa shape index (κ3) is 5.03. The van der Waals surface area contributed by atoms with Gasteiger partial charge in [-0.05, 0) is 68.1 Å². The van der Waals surface area contributed by atoms with Gasteiger partial charge in [0.1, 0.15) is 25.1 Å². The van der Waals surface area contributed by atoms with Gasteiger partial charge in [-0.25, -0.2) is 4.79 Å². The van der Waals surface area contributed by atoms with E-state index < -0.39 is 0 Å². The number of likely N-dealkylation sites (tertiary alicyclic amines) is 1. The number of para-hydroxylation sites is 2. The van der Waals surface area contributed by atoms with Crippen molar-refractivity contribution in [1.82, 2.24) is 9.80 Å². The smallest absolute Gasteiger partial charge is 0.410 e. The van der Waals surface area contributed by atoms with Crippen molar-refractivity contribution in [2.24, 2.45) is 5.92 Å². The molecule has 7 nitrogen and oxygen atoms in total. The molecule has 2 aromatic rings. The lowest BCUT2D eigenvalue weighted by Crippen LogP contribution is -2.44. The van der Waals surface area contributed by atoms with Crippen molar-refractivity contribution in [2.45, 2.75) is 31.4 Å². The number of hydrogen-bond acceptors (Lipinski definition) is 6. The van der Waals surface area contributed by atoms with Gasteiger partial charge in [0.2, 0.25) is 0 Å². The van der Waals surface area contributed by atoms with Crippen molar-refractivity contribution in [3.8, 4) is 17.2 Å². The summed E-state index contributed by atoms with van der Waals surface area (Å²) in [6.07, 6.45) is 3.15. The lowest BCUT2D eigenvalue weighted by molar-refractivity contribution is 0.0466. The van der Waals surface area contributed by atoms with E-state index in [9.17, 15) is 4.79 Å². The van der Waals surface area contributed by atoms with Crippen molar-refractivity contribution < 1.29 is 23.7 Å². The second kappa shape index (κ2) is 9.91. The molecule has 176 valence electrons. The van der Waals surface area contributed by atoms with Crippen molar-refractivity contribution in [2.75, 3.05) is 46.5 Å². The summed E-state index contributed by atoms with van der Waals surface area (Å²) >= 11 is 0. The molecule has 0 spiro atoms. The highest BCUT2D eigenvalue weighted by Crippen LogP contribution is 2.33. The van der Waals surface area contributed by atoms with Gasteiger partial charge in [0.25, 0.3) is 0 Å². The van der Waals surface area contributed by atoms with E-state index in [0.717, 1.165) is 68.3 Å². The van der Waals surface area contributed by atoms with E-state index in [-0.39, 0.29) is 18.2 Å². The number of fused-ring (bicyclic) bond motifs is 1. The molecule has 0 N–H and O–H groups in total. The van der Waals surface area contributed by atoms with E-state index in [0.29, 0.717) is 19.1 Å². The maximum atomic E-state index is 12.4. The fourth-order valence-corrected chi connectivity index (χ4v) is 5.02. The molecule has 2 atom stereocenters. The highest BCUT2D eigenvalue weighted by molar-refractivity contribution is 5.70. The highest BCUT2D eigenvalue weighted by Gasteiger charge is 2.34. The van der Waals surface area contributed by atoms with Crippen molar-refractivity contribution in [1.29, 1.82) is 0 Å². The van der Waals surface area contributed by atoms with Gasteiger partial charge in [-0.3, -0.25) is 9.80 Å². The van der Waals surface area contributed by atoms with Crippen molar-refractivity contribution >= 4 is 6.09 Å². The quantitative estimate of drug-likeness (QED) is 0.630. The summed E-state index contributed by atoms with van der Waals surface area (Å²) < 4.78 is 22.6. The van der Waals surface area contributed by atoms with Crippen LogP contribution in [0.3, 0.4) is 0 Å². The van der Waals surface area contributed by atoms with Crippen LogP contribution in [0.4, 0.5) is 4.79 Å². The first kappa shape index (κ1) is 21.9. The Labute approximate surface area is 195 Å². The van der Waals surface area contributed by atoms with Crippen LogP contribution in [-0.4, -0.2) is 68.5 Å². The zero-order chi connectivity index (χ0) is 22.6. The first-order chi connectivity index (χ1) is 16.2. The van der Waals surface area contributed by atoms with Gasteiger partial charge >= 0.3 is 6.09 Å². The molecule has 3 aliphatic heterocycles. The molecule has 1 amide bonds. The van der Waals surface area contributed by atoms with E-state index in [1.807, 2.05) is 53.4 Å². The van der Waals surface area contributed by atoms with E-state index in [1.165, 1.54) is 0 Å². The second-order valence-electron chi connectivity index (χ2n) is 9.09. The molecule has 0 radical (unpaired) electrons. The molecule has 0 saturated carbocycles. The number of nitrogens with zero attached hydrogens (tertiary/aromatic N) is 2. The lowest BCUT2D eigenvalue weighted by Gasteiger charge is -2.36. The number of piperidine rings is 1. The minimum atomic E-state index is -0.206. The molecule has 0 aliphatic carbocycles. The second-order valence-corrected chi connectivity index (χ2v) is 9.09. The molecule has 2 aromatic carbocycles. The number of benzene rings is 2. The number of methoxy groups -OCH3 is 1. The molecule has 7 heteroatoms. The van der Waals surface area contributed by atoms with Gasteiger partial charge in [-0.2, -0.15) is 0 Å². The summed E-state index contributed by atoms with van der Waals surface area (Å²) in [5.41, 5.74) is 1.09. The zero-order valence-electron chi connectivity index (χ0n) is 19.2. The van der Waals surface area contributed by atoms with Crippen LogP contribution in [0.5, 0.6) is 17.2 Å². The molecule has 3 aliphatic rings. The van der Waals surface area contributed by atoms with Gasteiger partial charge in [0.05, 0.1) is 13.2 Å². The molecule has 0 aromatic heterocycles. The molecule has 2 unspecified atom stereocenters. The Morgan fingerprint density at radius 1 is 0.970 bits per heavy atom. The third-order valence-electron chi connectivity index (χ3n) is 6.99. The van der Waals surface area contributed by atoms with Crippen molar-refractivity contribution in [3.05, 3.63) is 54.1 Å². The summed E-state index contributed by atoms with van der Waals surface area (Å²) in [5.74, 6) is 3.11. The van der Waals surface area contributed by atoms with Gasteiger partial charge in [-0.1, -0.05) is 24.3 Å². The highest BCUT2D eigenvalue weighted by atomic mass is 16.6. The molecule has 5 rings (SSSR count). The average molecular weight is 453 g/mol. The van der Waals surface area contributed by atoms with Crippen LogP contribution in [0.15, 0.2) is 48.5 Å². The van der Waals surface area contributed by atoms with E-state index in [4.69, 9.17) is 18.9 Å². The summed E-state index contributed by atoms with van der Waals surface area (Å²) in [4.78, 5) is 16.7. The summed E-state index contributed by atoms with van der Waals surface area (Å²) in [6.45, 7) is 4.74. The molecule has 0 bridgehead atoms. The molecule has 33 heavy (non-hydrogen) atoms. The summed E-state index contributed by atoms with van der Waals surface area (Å²) in [6, 6.07) is 15.8. The zero-order valence-corrected chi connectivity index (χ0v) is 19.2. The van der Waals surface area contributed by atoms with Crippen LogP contribution < -0.4 is 14.2 Å². The molecular weight excluding hydrogens is 420 g/mol. The van der Waals surface area contributed by atoms with E-state index in [2.05, 4.69) is 4.90 Å². The van der Waals surface area contributed by atoms with Crippen LogP contribution in [0.2, 0.25) is 0 Å². The van der Waals surface area contributed by atoms with Gasteiger partial charge in [0, 0.05) is 13.1 Å². The van der Waals surface area contributed by atoms with Gasteiger partial charge in [0.15, 0.2) is 11.5 Å². The third-order valence-corrected chi connectivity index (χ3v) is 6.99. The van der Waals surface area contributed by atoms with Crippen LogP contribution in [0.25, 0.3) is 0 Å². The minimum Gasteiger partial charge on any atom is -0.497 e. The Morgan fingerprint density at radius 3 is 2.48 bits per heavy atom. The maximum absolute atomic E-state index is 12.4. The van der Waals surface area contributed by atoms with Gasteiger partial charge < -0.3 is 18.9 Å². The van der Waals surface area contributed by atoms with Crippen LogP contribution >= 0.6 is 0 Å². The molecular formula is C26H32N2O5. The largest absolute Gasteiger partial charge is 0.497 e. The fraction of sp³-hybridized carbons (Fsp3) is 0.500.